The summed E-state index contributed by atoms with van der Waals surface area (Å²) in [5.74, 6) is 0. The van der Waals surface area contributed by atoms with Crippen LogP contribution in [0, 0.1) is 0 Å². The van der Waals surface area contributed by atoms with Crippen LogP contribution in [0.5, 0.6) is 0 Å². The normalized spacial score (nSPS) is 9.56. The summed E-state index contributed by atoms with van der Waals surface area (Å²) in [7, 11) is 1.74. The van der Waals surface area contributed by atoms with E-state index in [-0.39, 0.29) is 3.79 Å². The molecule has 0 unspecified atom stereocenters. The van der Waals surface area contributed by atoms with E-state index >= 15 is 0 Å². The van der Waals surface area contributed by atoms with E-state index in [4.69, 9.17) is 0 Å². The average molecular weight is 236 g/mol. The molecule has 48 valence electrons. The SMILES string of the molecule is Cn1nccc1C(=O)I. The first-order valence-corrected chi connectivity index (χ1v) is 3.47. The Hall–Kier alpha value is -0.390. The van der Waals surface area contributed by atoms with Gasteiger partial charge < -0.3 is 0 Å². The second-order valence-corrected chi connectivity index (χ2v) is 2.59. The maximum atomic E-state index is 10.7. The Bertz CT molecular complexity index is 231. The van der Waals surface area contributed by atoms with Crippen LogP contribution < -0.4 is 0 Å². The minimum absolute atomic E-state index is 0.0209. The first-order valence-electron chi connectivity index (χ1n) is 2.39. The lowest BCUT2D eigenvalue weighted by molar-refractivity contribution is 0.109. The highest BCUT2D eigenvalue weighted by Crippen LogP contribution is 2.02. The van der Waals surface area contributed by atoms with Crippen molar-refractivity contribution in [3.8, 4) is 0 Å². The Morgan fingerprint density at radius 1 is 1.89 bits per heavy atom. The summed E-state index contributed by atoms with van der Waals surface area (Å²) >= 11 is 1.73. The number of nitrogens with zero attached hydrogens (tertiary/aromatic N) is 2. The summed E-state index contributed by atoms with van der Waals surface area (Å²) in [6.45, 7) is 0. The Morgan fingerprint density at radius 3 is 2.78 bits per heavy atom. The molecule has 0 spiro atoms. The molecule has 0 aliphatic carbocycles. The van der Waals surface area contributed by atoms with Gasteiger partial charge in [-0.2, -0.15) is 5.10 Å². The lowest BCUT2D eigenvalue weighted by Crippen LogP contribution is -1.99. The van der Waals surface area contributed by atoms with E-state index < -0.39 is 0 Å². The summed E-state index contributed by atoms with van der Waals surface area (Å²) < 4.78 is 1.57. The molecule has 0 N–H and O–H groups in total. The van der Waals surface area contributed by atoms with Gasteiger partial charge in [0, 0.05) is 35.8 Å². The number of halogens is 1. The molecule has 0 aliphatic rings. The maximum Gasteiger partial charge on any atom is 0.240 e. The number of rotatable bonds is 1. The standard InChI is InChI=1S/C5H5IN2O/c1-8-4(5(6)9)2-3-7-8/h2-3H,1H3. The predicted molar refractivity (Wildman–Crippen MR) is 41.6 cm³/mol. The number of aryl methyl sites for hydroxylation is 1. The Kier molecular flexibility index (Phi) is 1.84. The van der Waals surface area contributed by atoms with Crippen LogP contribution >= 0.6 is 22.6 Å². The fourth-order valence-electron chi connectivity index (χ4n) is 0.567. The molecule has 0 radical (unpaired) electrons. The van der Waals surface area contributed by atoms with Gasteiger partial charge in [-0.3, -0.25) is 9.48 Å². The zero-order valence-corrected chi connectivity index (χ0v) is 6.99. The molecule has 1 rings (SSSR count). The fourth-order valence-corrected chi connectivity index (χ4v) is 1.10. The molecular formula is C5H5IN2O. The number of hydrogen-bond acceptors (Lipinski definition) is 2. The van der Waals surface area contributed by atoms with Gasteiger partial charge in [0.25, 0.3) is 0 Å². The van der Waals surface area contributed by atoms with E-state index in [0.717, 1.165) is 0 Å². The van der Waals surface area contributed by atoms with Crippen molar-refractivity contribution in [2.24, 2.45) is 7.05 Å². The van der Waals surface area contributed by atoms with Crippen molar-refractivity contribution in [1.82, 2.24) is 9.78 Å². The molecular weight excluding hydrogens is 231 g/mol. The molecule has 1 heterocycles. The number of hydrogen-bond donors (Lipinski definition) is 0. The Morgan fingerprint density at radius 2 is 2.56 bits per heavy atom. The third-order valence-electron chi connectivity index (χ3n) is 1.02. The number of carbonyl (C=O) groups excluding carboxylic acids is 1. The summed E-state index contributed by atoms with van der Waals surface area (Å²) in [5, 5.41) is 3.83. The van der Waals surface area contributed by atoms with Gasteiger partial charge in [-0.05, 0) is 6.07 Å². The van der Waals surface area contributed by atoms with Crippen molar-refractivity contribution < 1.29 is 4.79 Å². The van der Waals surface area contributed by atoms with Gasteiger partial charge in [0.05, 0.1) is 0 Å². The molecule has 0 aliphatic heterocycles. The third-order valence-corrected chi connectivity index (χ3v) is 1.57. The van der Waals surface area contributed by atoms with E-state index in [0.29, 0.717) is 5.69 Å². The lowest BCUT2D eigenvalue weighted by atomic mass is 10.5. The highest BCUT2D eigenvalue weighted by atomic mass is 127. The van der Waals surface area contributed by atoms with E-state index in [1.165, 1.54) is 0 Å². The molecule has 0 saturated carbocycles. The van der Waals surface area contributed by atoms with Gasteiger partial charge in [-0.25, -0.2) is 0 Å². The van der Waals surface area contributed by atoms with E-state index in [9.17, 15) is 4.79 Å². The summed E-state index contributed by atoms with van der Waals surface area (Å²) in [5.41, 5.74) is 0.635. The van der Waals surface area contributed by atoms with E-state index in [2.05, 4.69) is 5.10 Å². The molecule has 1 aromatic rings. The molecule has 9 heavy (non-hydrogen) atoms. The molecule has 0 amide bonds. The van der Waals surface area contributed by atoms with E-state index in [1.54, 1.807) is 46.6 Å². The number of carbonyl (C=O) groups is 1. The lowest BCUT2D eigenvalue weighted by Gasteiger charge is -1.90. The highest BCUT2D eigenvalue weighted by Gasteiger charge is 2.03. The summed E-state index contributed by atoms with van der Waals surface area (Å²) in [6, 6.07) is 1.69. The number of aromatic nitrogens is 2. The van der Waals surface area contributed by atoms with Gasteiger partial charge in [0.15, 0.2) is 0 Å². The minimum Gasteiger partial charge on any atom is -0.280 e. The van der Waals surface area contributed by atoms with Crippen molar-refractivity contribution >= 4 is 26.4 Å². The zero-order chi connectivity index (χ0) is 6.85. The molecule has 0 bridgehead atoms. The molecule has 1 aromatic heterocycles. The van der Waals surface area contributed by atoms with Gasteiger partial charge in [0.1, 0.15) is 5.69 Å². The van der Waals surface area contributed by atoms with Crippen LogP contribution in [-0.2, 0) is 7.05 Å². The summed E-state index contributed by atoms with van der Waals surface area (Å²) in [4.78, 5) is 10.7. The third kappa shape index (κ3) is 1.29. The maximum absolute atomic E-state index is 10.7. The minimum atomic E-state index is 0.0209. The van der Waals surface area contributed by atoms with Gasteiger partial charge in [0.2, 0.25) is 3.79 Å². The van der Waals surface area contributed by atoms with Crippen LogP contribution in [0.15, 0.2) is 12.3 Å². The van der Waals surface area contributed by atoms with Crippen molar-refractivity contribution in [2.75, 3.05) is 0 Å². The second-order valence-electron chi connectivity index (χ2n) is 1.61. The fraction of sp³-hybridized carbons (Fsp3) is 0.200. The largest absolute Gasteiger partial charge is 0.280 e. The molecule has 4 heteroatoms. The Balaban J connectivity index is 3.08. The van der Waals surface area contributed by atoms with Crippen molar-refractivity contribution in [1.29, 1.82) is 0 Å². The van der Waals surface area contributed by atoms with Gasteiger partial charge >= 0.3 is 0 Å². The van der Waals surface area contributed by atoms with Crippen molar-refractivity contribution in [3.63, 3.8) is 0 Å². The average Bonchev–Trinajstić information content (AvgIpc) is 2.13. The molecule has 0 atom stereocenters. The topological polar surface area (TPSA) is 34.9 Å². The van der Waals surface area contributed by atoms with Crippen LogP contribution in [-0.4, -0.2) is 13.6 Å². The zero-order valence-electron chi connectivity index (χ0n) is 4.84. The monoisotopic (exact) mass is 236 g/mol. The van der Waals surface area contributed by atoms with Crippen LogP contribution in [0.4, 0.5) is 0 Å². The first kappa shape index (κ1) is 6.73. The quantitative estimate of drug-likeness (QED) is 0.538. The van der Waals surface area contributed by atoms with Crippen LogP contribution in [0.1, 0.15) is 10.5 Å². The van der Waals surface area contributed by atoms with Gasteiger partial charge in [-0.1, -0.05) is 0 Å². The highest BCUT2D eigenvalue weighted by molar-refractivity contribution is 14.1. The molecule has 0 saturated heterocycles. The van der Waals surface area contributed by atoms with Crippen molar-refractivity contribution in [3.05, 3.63) is 18.0 Å². The van der Waals surface area contributed by atoms with Crippen LogP contribution in [0.3, 0.4) is 0 Å². The second kappa shape index (κ2) is 2.47. The van der Waals surface area contributed by atoms with Gasteiger partial charge in [-0.15, -0.1) is 0 Å². The molecule has 0 fully saturated rings. The van der Waals surface area contributed by atoms with Crippen LogP contribution in [0.25, 0.3) is 0 Å². The predicted octanol–water partition coefficient (Wildman–Crippen LogP) is 0.995. The summed E-state index contributed by atoms with van der Waals surface area (Å²) in [6.07, 6.45) is 1.60. The first-order chi connectivity index (χ1) is 4.22. The Labute approximate surface area is 66.2 Å². The van der Waals surface area contributed by atoms with Crippen LogP contribution in [0.2, 0.25) is 0 Å². The molecule has 0 aromatic carbocycles. The smallest absolute Gasteiger partial charge is 0.240 e. The van der Waals surface area contributed by atoms with E-state index in [1.807, 2.05) is 0 Å². The van der Waals surface area contributed by atoms with Crippen molar-refractivity contribution in [2.45, 2.75) is 0 Å². The molecule has 3 nitrogen and oxygen atoms in total.